The zero-order valence-corrected chi connectivity index (χ0v) is 17.2. The summed E-state index contributed by atoms with van der Waals surface area (Å²) in [5.41, 5.74) is 1.90. The third-order valence-electron chi connectivity index (χ3n) is 5.98. The molecule has 0 unspecified atom stereocenters. The van der Waals surface area contributed by atoms with Gasteiger partial charge in [-0.25, -0.2) is 0 Å². The molecule has 2 atom stereocenters. The van der Waals surface area contributed by atoms with E-state index in [4.69, 9.17) is 4.74 Å². The second-order valence-corrected chi connectivity index (χ2v) is 7.66. The average molecular weight is 399 g/mol. The van der Waals surface area contributed by atoms with Crippen molar-refractivity contribution in [3.8, 4) is 0 Å². The largest absolute Gasteiger partial charge is 0.367 e. The molecule has 1 heterocycles. The lowest BCUT2D eigenvalue weighted by molar-refractivity contribution is -0.181. The predicted octanol–water partition coefficient (Wildman–Crippen LogP) is 4.19. The number of carbonyl (C=O) groups excluding carboxylic acids is 2. The van der Waals surface area contributed by atoms with E-state index in [0.717, 1.165) is 16.7 Å². The first-order chi connectivity index (χ1) is 14.6. The number of rotatable bonds is 7. The van der Waals surface area contributed by atoms with E-state index in [2.05, 4.69) is 0 Å². The van der Waals surface area contributed by atoms with E-state index in [-0.39, 0.29) is 11.7 Å². The second-order valence-electron chi connectivity index (χ2n) is 7.66. The number of β-lactam (4-membered cyclic amide) rings is 1. The van der Waals surface area contributed by atoms with Crippen molar-refractivity contribution in [2.24, 2.45) is 5.92 Å². The highest BCUT2D eigenvalue weighted by Gasteiger charge is 2.61. The van der Waals surface area contributed by atoms with Crippen LogP contribution in [0.3, 0.4) is 0 Å². The summed E-state index contributed by atoms with van der Waals surface area (Å²) >= 11 is 0. The van der Waals surface area contributed by atoms with E-state index in [1.165, 1.54) is 6.92 Å². The Bertz CT molecular complexity index is 978. The highest BCUT2D eigenvalue weighted by molar-refractivity contribution is 6.06. The van der Waals surface area contributed by atoms with Crippen molar-refractivity contribution < 1.29 is 14.3 Å². The fraction of sp³-hybridized carbons (Fsp3) is 0.231. The SMILES string of the molecule is COC(c1ccccc1)(c1ccccc1)[C@H]1[C@@H](C(C)=O)C(=O)N1Cc1ccccc1. The molecule has 4 heteroatoms. The maximum absolute atomic E-state index is 13.1. The van der Waals surface area contributed by atoms with E-state index < -0.39 is 17.6 Å². The highest BCUT2D eigenvalue weighted by atomic mass is 16.5. The van der Waals surface area contributed by atoms with Crippen molar-refractivity contribution >= 4 is 11.7 Å². The minimum absolute atomic E-state index is 0.136. The molecular weight excluding hydrogens is 374 g/mol. The Morgan fingerprint density at radius 2 is 1.33 bits per heavy atom. The van der Waals surface area contributed by atoms with Crippen molar-refractivity contribution in [3.63, 3.8) is 0 Å². The van der Waals surface area contributed by atoms with Gasteiger partial charge in [-0.05, 0) is 23.6 Å². The Labute approximate surface area is 177 Å². The summed E-state index contributed by atoms with van der Waals surface area (Å²) in [5.74, 6) is -1.03. The molecule has 152 valence electrons. The number of Topliss-reactive ketones (excluding diaryl/α,β-unsaturated/α-hetero) is 1. The maximum Gasteiger partial charge on any atom is 0.236 e. The molecule has 0 aromatic heterocycles. The van der Waals surface area contributed by atoms with Gasteiger partial charge in [0, 0.05) is 13.7 Å². The molecule has 4 nitrogen and oxygen atoms in total. The first kappa shape index (κ1) is 20.0. The molecule has 0 N–H and O–H groups in total. The van der Waals surface area contributed by atoms with E-state index in [0.29, 0.717) is 6.54 Å². The summed E-state index contributed by atoms with van der Waals surface area (Å²) < 4.78 is 6.26. The molecule has 3 aromatic rings. The molecule has 1 aliphatic rings. The zero-order chi connectivity index (χ0) is 21.1. The first-order valence-electron chi connectivity index (χ1n) is 10.1. The van der Waals surface area contributed by atoms with Crippen molar-refractivity contribution in [3.05, 3.63) is 108 Å². The minimum Gasteiger partial charge on any atom is -0.367 e. The fourth-order valence-electron chi connectivity index (χ4n) is 4.59. The van der Waals surface area contributed by atoms with Crippen LogP contribution in [0.5, 0.6) is 0 Å². The summed E-state index contributed by atoms with van der Waals surface area (Å²) in [4.78, 5) is 27.4. The van der Waals surface area contributed by atoms with Gasteiger partial charge in [0.15, 0.2) is 0 Å². The van der Waals surface area contributed by atoms with Gasteiger partial charge in [0.2, 0.25) is 5.91 Å². The number of hydrogen-bond donors (Lipinski definition) is 0. The van der Waals surface area contributed by atoms with Crippen LogP contribution in [0, 0.1) is 5.92 Å². The van der Waals surface area contributed by atoms with Crippen LogP contribution in [0.15, 0.2) is 91.0 Å². The van der Waals surface area contributed by atoms with Crippen LogP contribution in [0.25, 0.3) is 0 Å². The van der Waals surface area contributed by atoms with Gasteiger partial charge >= 0.3 is 0 Å². The Hall–Kier alpha value is -3.24. The molecule has 1 amide bonds. The summed E-state index contributed by atoms with van der Waals surface area (Å²) in [5, 5.41) is 0. The number of methoxy groups -OCH3 is 1. The molecule has 0 spiro atoms. The molecular formula is C26H25NO3. The Kier molecular flexibility index (Phi) is 5.51. The van der Waals surface area contributed by atoms with Gasteiger partial charge in [-0.3, -0.25) is 9.59 Å². The Balaban J connectivity index is 1.88. The molecule has 0 aliphatic carbocycles. The standard InChI is InChI=1S/C26H25NO3/c1-19(28)23-24(27(25(23)29)18-20-12-6-3-7-13-20)26(30-2,21-14-8-4-9-15-21)22-16-10-5-11-17-22/h3-17,23-24H,18H2,1-2H3/t23-,24-/m1/s1. The zero-order valence-electron chi connectivity index (χ0n) is 17.2. The van der Waals surface area contributed by atoms with E-state index >= 15 is 0 Å². The van der Waals surface area contributed by atoms with Crippen molar-refractivity contribution in [1.82, 2.24) is 4.90 Å². The van der Waals surface area contributed by atoms with Crippen LogP contribution >= 0.6 is 0 Å². The molecule has 1 fully saturated rings. The number of likely N-dealkylation sites (tertiary alicyclic amines) is 1. The molecule has 4 rings (SSSR count). The van der Waals surface area contributed by atoms with Crippen LogP contribution in [-0.2, 0) is 26.5 Å². The smallest absolute Gasteiger partial charge is 0.236 e. The average Bonchev–Trinajstić information content (AvgIpc) is 2.79. The van der Waals surface area contributed by atoms with Gasteiger partial charge in [-0.1, -0.05) is 91.0 Å². The Morgan fingerprint density at radius 1 is 0.867 bits per heavy atom. The van der Waals surface area contributed by atoms with Crippen LogP contribution in [0.2, 0.25) is 0 Å². The molecule has 0 radical (unpaired) electrons. The Morgan fingerprint density at radius 3 is 1.77 bits per heavy atom. The molecule has 3 aromatic carbocycles. The molecule has 0 bridgehead atoms. The maximum atomic E-state index is 13.1. The highest BCUT2D eigenvalue weighted by Crippen LogP contribution is 2.47. The number of benzene rings is 3. The lowest BCUT2D eigenvalue weighted by atomic mass is 9.67. The fourth-order valence-corrected chi connectivity index (χ4v) is 4.59. The second kappa shape index (κ2) is 8.25. The third kappa shape index (κ3) is 3.23. The van der Waals surface area contributed by atoms with Crippen LogP contribution in [0.1, 0.15) is 23.6 Å². The first-order valence-corrected chi connectivity index (χ1v) is 10.1. The molecule has 1 aliphatic heterocycles. The number of amides is 1. The summed E-state index contributed by atoms with van der Waals surface area (Å²) in [6.45, 7) is 1.92. The van der Waals surface area contributed by atoms with Crippen LogP contribution < -0.4 is 0 Å². The number of ketones is 1. The van der Waals surface area contributed by atoms with E-state index in [9.17, 15) is 9.59 Å². The summed E-state index contributed by atoms with van der Waals surface area (Å²) in [7, 11) is 1.65. The van der Waals surface area contributed by atoms with Gasteiger partial charge < -0.3 is 9.64 Å². The third-order valence-corrected chi connectivity index (χ3v) is 5.98. The van der Waals surface area contributed by atoms with Gasteiger partial charge in [0.05, 0.1) is 6.04 Å². The van der Waals surface area contributed by atoms with Gasteiger partial charge in [0.1, 0.15) is 17.3 Å². The van der Waals surface area contributed by atoms with Crippen molar-refractivity contribution in [2.45, 2.75) is 25.1 Å². The normalized spacial score (nSPS) is 18.7. The predicted molar refractivity (Wildman–Crippen MR) is 116 cm³/mol. The number of carbonyl (C=O) groups is 2. The van der Waals surface area contributed by atoms with Gasteiger partial charge in [-0.2, -0.15) is 0 Å². The van der Waals surface area contributed by atoms with Crippen LogP contribution in [-0.4, -0.2) is 29.7 Å². The van der Waals surface area contributed by atoms with Crippen LogP contribution in [0.4, 0.5) is 0 Å². The number of hydrogen-bond acceptors (Lipinski definition) is 3. The lowest BCUT2D eigenvalue weighted by Gasteiger charge is -2.55. The monoisotopic (exact) mass is 399 g/mol. The van der Waals surface area contributed by atoms with E-state index in [1.54, 1.807) is 12.0 Å². The summed E-state index contributed by atoms with van der Waals surface area (Å²) in [6.07, 6.45) is 0. The quantitative estimate of drug-likeness (QED) is 0.442. The van der Waals surface area contributed by atoms with Crippen molar-refractivity contribution in [2.75, 3.05) is 7.11 Å². The van der Waals surface area contributed by atoms with Gasteiger partial charge in [0.25, 0.3) is 0 Å². The summed E-state index contributed by atoms with van der Waals surface area (Å²) in [6, 6.07) is 29.1. The molecule has 0 saturated carbocycles. The minimum atomic E-state index is -0.957. The van der Waals surface area contributed by atoms with Gasteiger partial charge in [-0.15, -0.1) is 0 Å². The van der Waals surface area contributed by atoms with Crippen molar-refractivity contribution in [1.29, 1.82) is 0 Å². The lowest BCUT2D eigenvalue weighted by Crippen LogP contribution is -2.70. The topological polar surface area (TPSA) is 46.6 Å². The molecule has 30 heavy (non-hydrogen) atoms. The van der Waals surface area contributed by atoms with E-state index in [1.807, 2.05) is 91.0 Å². The number of nitrogens with zero attached hydrogens (tertiary/aromatic N) is 1. The number of ether oxygens (including phenoxy) is 1. The molecule has 1 saturated heterocycles.